The molecule has 0 amide bonds. The van der Waals surface area contributed by atoms with Crippen molar-refractivity contribution in [3.8, 4) is 11.5 Å². The molecule has 0 radical (unpaired) electrons. The van der Waals surface area contributed by atoms with Gasteiger partial charge in [0, 0.05) is 23.5 Å². The molecule has 2 heterocycles. The van der Waals surface area contributed by atoms with Crippen molar-refractivity contribution >= 4 is 23.8 Å². The van der Waals surface area contributed by atoms with Crippen molar-refractivity contribution in [2.45, 2.75) is 26.3 Å². The van der Waals surface area contributed by atoms with Gasteiger partial charge in [0.25, 0.3) is 5.89 Å². The first-order valence-electron chi connectivity index (χ1n) is 8.23. The first kappa shape index (κ1) is 17.3. The molecular weight excluding hydrogens is 336 g/mol. The van der Waals surface area contributed by atoms with Crippen molar-refractivity contribution in [2.24, 2.45) is 0 Å². The van der Waals surface area contributed by atoms with E-state index in [0.717, 1.165) is 36.2 Å². The largest absolute Gasteiger partial charge is 0.398 e. The number of halogens is 1. The molecule has 3 aromatic rings. The summed E-state index contributed by atoms with van der Waals surface area (Å²) in [6.45, 7) is 3.65. The quantitative estimate of drug-likeness (QED) is 0.718. The summed E-state index contributed by atoms with van der Waals surface area (Å²) in [7, 11) is 0. The van der Waals surface area contributed by atoms with Crippen molar-refractivity contribution in [2.75, 3.05) is 17.2 Å². The molecular formula is C19H21ClN4O. The Hall–Kier alpha value is -2.53. The summed E-state index contributed by atoms with van der Waals surface area (Å²) in [4.78, 5) is 6.86. The summed E-state index contributed by atoms with van der Waals surface area (Å²) in [5.41, 5.74) is 11.5. The minimum Gasteiger partial charge on any atom is -0.398 e. The summed E-state index contributed by atoms with van der Waals surface area (Å²) in [5.74, 6) is 1.27. The van der Waals surface area contributed by atoms with Crippen LogP contribution in [-0.2, 0) is 13.0 Å². The number of nitrogens with zero attached hydrogens (tertiary/aromatic N) is 3. The number of nitrogens with two attached hydrogens (primary N) is 1. The lowest BCUT2D eigenvalue weighted by Gasteiger charge is -2.30. The fraction of sp³-hybridized carbons (Fsp3) is 0.263. The van der Waals surface area contributed by atoms with Gasteiger partial charge in [0.05, 0.1) is 6.54 Å². The second-order valence-corrected chi connectivity index (χ2v) is 6.20. The molecule has 6 heteroatoms. The van der Waals surface area contributed by atoms with Crippen LogP contribution in [0.5, 0.6) is 0 Å². The van der Waals surface area contributed by atoms with Crippen LogP contribution in [-0.4, -0.2) is 16.7 Å². The highest BCUT2D eigenvalue weighted by molar-refractivity contribution is 5.85. The molecule has 0 aliphatic carbocycles. The molecule has 1 aliphatic heterocycles. The number of rotatable bonds is 3. The molecule has 130 valence electrons. The lowest BCUT2D eigenvalue weighted by molar-refractivity contribution is 0.421. The minimum atomic E-state index is 0. The Bertz CT molecular complexity index is 877. The van der Waals surface area contributed by atoms with Crippen molar-refractivity contribution in [3.63, 3.8) is 0 Å². The zero-order valence-electron chi connectivity index (χ0n) is 14.1. The fourth-order valence-electron chi connectivity index (χ4n) is 3.30. The number of anilines is 2. The zero-order chi connectivity index (χ0) is 16.5. The summed E-state index contributed by atoms with van der Waals surface area (Å²) in [5, 5.41) is 4.16. The second kappa shape index (κ2) is 7.15. The summed E-state index contributed by atoms with van der Waals surface area (Å²) >= 11 is 0. The number of aromatic nitrogens is 2. The molecule has 0 saturated carbocycles. The topological polar surface area (TPSA) is 68.2 Å². The van der Waals surface area contributed by atoms with Crippen LogP contribution >= 0.6 is 12.4 Å². The van der Waals surface area contributed by atoms with E-state index in [1.807, 2.05) is 43.3 Å². The van der Waals surface area contributed by atoms with E-state index in [0.29, 0.717) is 18.3 Å². The Morgan fingerprint density at radius 2 is 2.00 bits per heavy atom. The maximum Gasteiger partial charge on any atom is 0.258 e. The standard InChI is InChI=1S/C19H20N4O.ClH/c1-13-6-2-3-7-14(13)19-21-18(22-24-19)12-23-11-5-8-15-16(20)9-4-10-17(15)23;/h2-4,6-7,9-10H,5,8,11-12,20H2,1H3;1H. The molecule has 0 fully saturated rings. The van der Waals surface area contributed by atoms with Gasteiger partial charge in [-0.15, -0.1) is 12.4 Å². The maximum absolute atomic E-state index is 6.12. The van der Waals surface area contributed by atoms with Crippen LogP contribution in [0.4, 0.5) is 11.4 Å². The van der Waals surface area contributed by atoms with E-state index in [2.05, 4.69) is 21.1 Å². The van der Waals surface area contributed by atoms with Crippen molar-refractivity contribution < 1.29 is 4.52 Å². The SMILES string of the molecule is Cc1ccccc1-c1nc(CN2CCCc3c(N)cccc32)no1.Cl. The van der Waals surface area contributed by atoms with Gasteiger partial charge in [0.1, 0.15) is 0 Å². The Kier molecular flexibility index (Phi) is 4.95. The van der Waals surface area contributed by atoms with Crippen LogP contribution in [0.2, 0.25) is 0 Å². The van der Waals surface area contributed by atoms with E-state index >= 15 is 0 Å². The highest BCUT2D eigenvalue weighted by atomic mass is 35.5. The number of nitrogen functional groups attached to an aromatic ring is 1. The molecule has 0 bridgehead atoms. The highest BCUT2D eigenvalue weighted by Crippen LogP contribution is 2.32. The Morgan fingerprint density at radius 1 is 1.16 bits per heavy atom. The lowest BCUT2D eigenvalue weighted by atomic mass is 10.00. The Balaban J connectivity index is 0.00000182. The van der Waals surface area contributed by atoms with Gasteiger partial charge in [-0.3, -0.25) is 0 Å². The van der Waals surface area contributed by atoms with Gasteiger partial charge in [0.15, 0.2) is 5.82 Å². The van der Waals surface area contributed by atoms with E-state index < -0.39 is 0 Å². The first-order valence-corrected chi connectivity index (χ1v) is 8.23. The van der Waals surface area contributed by atoms with Crippen LogP contribution in [0.25, 0.3) is 11.5 Å². The fourth-order valence-corrected chi connectivity index (χ4v) is 3.30. The predicted molar refractivity (Wildman–Crippen MR) is 102 cm³/mol. The second-order valence-electron chi connectivity index (χ2n) is 6.20. The third-order valence-corrected chi connectivity index (χ3v) is 4.56. The third kappa shape index (κ3) is 3.33. The monoisotopic (exact) mass is 356 g/mol. The molecule has 2 aromatic carbocycles. The van der Waals surface area contributed by atoms with Crippen LogP contribution < -0.4 is 10.6 Å². The Labute approximate surface area is 153 Å². The molecule has 0 spiro atoms. The van der Waals surface area contributed by atoms with Gasteiger partial charge < -0.3 is 15.2 Å². The van der Waals surface area contributed by atoms with Crippen LogP contribution in [0.1, 0.15) is 23.4 Å². The number of fused-ring (bicyclic) bond motifs is 1. The predicted octanol–water partition coefficient (Wildman–Crippen LogP) is 4.00. The number of hydrogen-bond donors (Lipinski definition) is 1. The Morgan fingerprint density at radius 3 is 2.84 bits per heavy atom. The minimum absolute atomic E-state index is 0. The zero-order valence-corrected chi connectivity index (χ0v) is 14.9. The summed E-state index contributed by atoms with van der Waals surface area (Å²) < 4.78 is 5.47. The van der Waals surface area contributed by atoms with Gasteiger partial charge in [-0.1, -0.05) is 29.4 Å². The molecule has 1 aromatic heterocycles. The smallest absolute Gasteiger partial charge is 0.258 e. The van der Waals surface area contributed by atoms with Gasteiger partial charge in [0.2, 0.25) is 0 Å². The highest BCUT2D eigenvalue weighted by Gasteiger charge is 2.21. The van der Waals surface area contributed by atoms with E-state index in [1.165, 1.54) is 11.3 Å². The van der Waals surface area contributed by atoms with Gasteiger partial charge in [-0.25, -0.2) is 0 Å². The third-order valence-electron chi connectivity index (χ3n) is 4.56. The van der Waals surface area contributed by atoms with Crippen LogP contribution in [0, 0.1) is 6.92 Å². The summed E-state index contributed by atoms with van der Waals surface area (Å²) in [6, 6.07) is 14.1. The number of benzene rings is 2. The van der Waals surface area contributed by atoms with Gasteiger partial charge in [-0.2, -0.15) is 4.98 Å². The molecule has 1 aliphatic rings. The molecule has 0 saturated heterocycles. The van der Waals surface area contributed by atoms with Gasteiger partial charge in [-0.05, 0) is 49.1 Å². The normalized spacial score (nSPS) is 13.2. The van der Waals surface area contributed by atoms with Crippen LogP contribution in [0.15, 0.2) is 47.0 Å². The molecule has 4 rings (SSSR count). The van der Waals surface area contributed by atoms with E-state index in [9.17, 15) is 0 Å². The van der Waals surface area contributed by atoms with E-state index in [4.69, 9.17) is 10.3 Å². The van der Waals surface area contributed by atoms with Gasteiger partial charge >= 0.3 is 0 Å². The molecule has 0 unspecified atom stereocenters. The number of hydrogen-bond acceptors (Lipinski definition) is 5. The summed E-state index contributed by atoms with van der Waals surface area (Å²) in [6.07, 6.45) is 2.11. The van der Waals surface area contributed by atoms with Crippen molar-refractivity contribution in [1.29, 1.82) is 0 Å². The molecule has 2 N–H and O–H groups in total. The van der Waals surface area contributed by atoms with E-state index in [1.54, 1.807) is 0 Å². The lowest BCUT2D eigenvalue weighted by Crippen LogP contribution is -2.29. The number of aryl methyl sites for hydroxylation is 1. The average molecular weight is 357 g/mol. The van der Waals surface area contributed by atoms with Crippen molar-refractivity contribution in [1.82, 2.24) is 10.1 Å². The first-order chi connectivity index (χ1) is 11.7. The molecule has 0 atom stereocenters. The maximum atomic E-state index is 6.12. The molecule has 25 heavy (non-hydrogen) atoms. The average Bonchev–Trinajstić information content (AvgIpc) is 3.05. The van der Waals surface area contributed by atoms with Crippen LogP contribution in [0.3, 0.4) is 0 Å². The van der Waals surface area contributed by atoms with Crippen molar-refractivity contribution in [3.05, 3.63) is 59.4 Å². The molecule has 5 nitrogen and oxygen atoms in total. The van der Waals surface area contributed by atoms with E-state index in [-0.39, 0.29) is 12.4 Å².